The van der Waals surface area contributed by atoms with Gasteiger partial charge >= 0.3 is 0 Å². The first-order chi connectivity index (χ1) is 9.63. The fraction of sp³-hybridized carbons (Fsp3) is 0.250. The van der Waals surface area contributed by atoms with E-state index in [1.54, 1.807) is 7.11 Å². The molecular weight excluding hydrogens is 318 g/mol. The zero-order chi connectivity index (χ0) is 14.5. The van der Waals surface area contributed by atoms with Gasteiger partial charge in [0.15, 0.2) is 11.5 Å². The summed E-state index contributed by atoms with van der Waals surface area (Å²) in [5.41, 5.74) is 2.23. The van der Waals surface area contributed by atoms with Gasteiger partial charge in [-0.1, -0.05) is 28.1 Å². The van der Waals surface area contributed by atoms with Gasteiger partial charge in [0.2, 0.25) is 0 Å². The van der Waals surface area contributed by atoms with Crippen molar-refractivity contribution in [3.63, 3.8) is 0 Å². The van der Waals surface area contributed by atoms with Crippen molar-refractivity contribution in [2.45, 2.75) is 13.5 Å². The first kappa shape index (κ1) is 14.9. The molecule has 0 radical (unpaired) electrons. The summed E-state index contributed by atoms with van der Waals surface area (Å²) in [5.74, 6) is 2.27. The maximum atomic E-state index is 6.02. The Balaban J connectivity index is 2.36. The molecule has 0 aliphatic heterocycles. The van der Waals surface area contributed by atoms with Gasteiger partial charge in [0.25, 0.3) is 0 Å². The summed E-state index contributed by atoms with van der Waals surface area (Å²) in [6, 6.07) is 11.9. The van der Waals surface area contributed by atoms with Crippen molar-refractivity contribution >= 4 is 15.9 Å². The second-order valence-corrected chi connectivity index (χ2v) is 5.45. The van der Waals surface area contributed by atoms with Crippen LogP contribution in [0.3, 0.4) is 0 Å². The molecule has 0 atom stereocenters. The third-order valence-electron chi connectivity index (χ3n) is 2.94. The second-order valence-electron chi connectivity index (χ2n) is 4.54. The van der Waals surface area contributed by atoms with Crippen LogP contribution in [0.2, 0.25) is 0 Å². The third-order valence-corrected chi connectivity index (χ3v) is 3.43. The van der Waals surface area contributed by atoms with Crippen LogP contribution in [0.25, 0.3) is 0 Å². The SMILES string of the molecule is CNCc1ccc(Br)cc1Oc1ccc(C)cc1OC. The topological polar surface area (TPSA) is 30.5 Å². The molecular formula is C16H18BrNO2. The molecule has 2 rings (SSSR count). The van der Waals surface area contributed by atoms with E-state index in [2.05, 4.69) is 21.2 Å². The minimum absolute atomic E-state index is 0.716. The molecule has 0 heterocycles. The zero-order valence-corrected chi connectivity index (χ0v) is 13.5. The van der Waals surface area contributed by atoms with Crippen LogP contribution in [-0.2, 0) is 6.54 Å². The van der Waals surface area contributed by atoms with E-state index in [1.807, 2.05) is 50.4 Å². The standard InChI is InChI=1S/C16H18BrNO2/c1-11-4-7-14(16(8-11)19-3)20-15-9-13(17)6-5-12(15)10-18-2/h4-9,18H,10H2,1-3H3. The zero-order valence-electron chi connectivity index (χ0n) is 11.9. The minimum atomic E-state index is 0.716. The van der Waals surface area contributed by atoms with Gasteiger partial charge in [0, 0.05) is 16.6 Å². The molecule has 4 heteroatoms. The monoisotopic (exact) mass is 335 g/mol. The van der Waals surface area contributed by atoms with E-state index in [0.29, 0.717) is 5.75 Å². The normalized spacial score (nSPS) is 10.4. The Morgan fingerprint density at radius 2 is 1.85 bits per heavy atom. The van der Waals surface area contributed by atoms with Gasteiger partial charge < -0.3 is 14.8 Å². The highest BCUT2D eigenvalue weighted by atomic mass is 79.9. The minimum Gasteiger partial charge on any atom is -0.493 e. The molecule has 0 spiro atoms. The fourth-order valence-corrected chi connectivity index (χ4v) is 2.28. The number of hydrogen-bond donors (Lipinski definition) is 1. The summed E-state index contributed by atoms with van der Waals surface area (Å²) < 4.78 is 12.4. The molecule has 0 aliphatic rings. The van der Waals surface area contributed by atoms with Gasteiger partial charge in [0.05, 0.1) is 7.11 Å². The van der Waals surface area contributed by atoms with Crippen molar-refractivity contribution < 1.29 is 9.47 Å². The Morgan fingerprint density at radius 1 is 1.05 bits per heavy atom. The van der Waals surface area contributed by atoms with Gasteiger partial charge in [-0.2, -0.15) is 0 Å². The average Bonchev–Trinajstić information content (AvgIpc) is 2.44. The van der Waals surface area contributed by atoms with Crippen LogP contribution < -0.4 is 14.8 Å². The molecule has 20 heavy (non-hydrogen) atoms. The van der Waals surface area contributed by atoms with Gasteiger partial charge in [-0.3, -0.25) is 0 Å². The summed E-state index contributed by atoms with van der Waals surface area (Å²) >= 11 is 3.48. The number of halogens is 1. The maximum Gasteiger partial charge on any atom is 0.169 e. The van der Waals surface area contributed by atoms with Crippen molar-refractivity contribution in [3.05, 3.63) is 52.0 Å². The lowest BCUT2D eigenvalue weighted by Gasteiger charge is -2.14. The summed E-state index contributed by atoms with van der Waals surface area (Å²) in [6.07, 6.45) is 0. The summed E-state index contributed by atoms with van der Waals surface area (Å²) in [4.78, 5) is 0. The summed E-state index contributed by atoms with van der Waals surface area (Å²) in [6.45, 7) is 2.77. The molecule has 3 nitrogen and oxygen atoms in total. The molecule has 1 N–H and O–H groups in total. The Morgan fingerprint density at radius 3 is 2.55 bits per heavy atom. The van der Waals surface area contributed by atoms with Crippen molar-refractivity contribution in [1.82, 2.24) is 5.32 Å². The molecule has 0 saturated heterocycles. The van der Waals surface area contributed by atoms with Gasteiger partial charge in [-0.25, -0.2) is 0 Å². The van der Waals surface area contributed by atoms with Crippen molar-refractivity contribution in [1.29, 1.82) is 0 Å². The summed E-state index contributed by atoms with van der Waals surface area (Å²) in [7, 11) is 3.56. The van der Waals surface area contributed by atoms with Crippen molar-refractivity contribution in [2.75, 3.05) is 14.2 Å². The highest BCUT2D eigenvalue weighted by Gasteiger charge is 2.09. The first-order valence-corrected chi connectivity index (χ1v) is 7.19. The number of nitrogens with one attached hydrogen (secondary N) is 1. The molecule has 106 valence electrons. The van der Waals surface area contributed by atoms with Crippen LogP contribution in [0.1, 0.15) is 11.1 Å². The third kappa shape index (κ3) is 3.52. The molecule has 0 bridgehead atoms. The Bertz CT molecular complexity index is 599. The molecule has 0 aromatic heterocycles. The summed E-state index contributed by atoms with van der Waals surface area (Å²) in [5, 5.41) is 3.14. The highest BCUT2D eigenvalue weighted by molar-refractivity contribution is 9.10. The number of benzene rings is 2. The van der Waals surface area contributed by atoms with E-state index in [0.717, 1.165) is 33.6 Å². The first-order valence-electron chi connectivity index (χ1n) is 6.39. The number of rotatable bonds is 5. The smallest absolute Gasteiger partial charge is 0.169 e. The van der Waals surface area contributed by atoms with Gasteiger partial charge in [0.1, 0.15) is 5.75 Å². The van der Waals surface area contributed by atoms with Crippen LogP contribution in [-0.4, -0.2) is 14.2 Å². The number of methoxy groups -OCH3 is 1. The fourth-order valence-electron chi connectivity index (χ4n) is 1.94. The maximum absolute atomic E-state index is 6.02. The molecule has 2 aromatic rings. The highest BCUT2D eigenvalue weighted by Crippen LogP contribution is 2.35. The van der Waals surface area contributed by atoms with Crippen LogP contribution >= 0.6 is 15.9 Å². The van der Waals surface area contributed by atoms with Crippen LogP contribution in [0, 0.1) is 6.92 Å². The molecule has 0 unspecified atom stereocenters. The molecule has 0 saturated carbocycles. The Labute approximate surface area is 128 Å². The van der Waals surface area contributed by atoms with Crippen LogP contribution in [0.15, 0.2) is 40.9 Å². The van der Waals surface area contributed by atoms with E-state index < -0.39 is 0 Å². The molecule has 2 aromatic carbocycles. The van der Waals surface area contributed by atoms with Crippen LogP contribution in [0.4, 0.5) is 0 Å². The molecule has 0 fully saturated rings. The number of hydrogen-bond acceptors (Lipinski definition) is 3. The Kier molecular flexibility index (Phi) is 5.04. The van der Waals surface area contributed by atoms with E-state index >= 15 is 0 Å². The largest absolute Gasteiger partial charge is 0.493 e. The molecule has 0 amide bonds. The molecule has 0 aliphatic carbocycles. The quantitative estimate of drug-likeness (QED) is 0.884. The van der Waals surface area contributed by atoms with Gasteiger partial charge in [-0.15, -0.1) is 0 Å². The lowest BCUT2D eigenvalue weighted by Crippen LogP contribution is -2.06. The predicted molar refractivity (Wildman–Crippen MR) is 84.7 cm³/mol. The van der Waals surface area contributed by atoms with Crippen LogP contribution in [0.5, 0.6) is 17.2 Å². The van der Waals surface area contributed by atoms with E-state index in [1.165, 1.54) is 0 Å². The number of aryl methyl sites for hydroxylation is 1. The number of ether oxygens (including phenoxy) is 2. The van der Waals surface area contributed by atoms with E-state index in [9.17, 15) is 0 Å². The van der Waals surface area contributed by atoms with Crippen molar-refractivity contribution in [3.8, 4) is 17.2 Å². The second kappa shape index (κ2) is 6.77. The van der Waals surface area contributed by atoms with E-state index in [4.69, 9.17) is 9.47 Å². The van der Waals surface area contributed by atoms with Gasteiger partial charge in [-0.05, 0) is 43.8 Å². The lowest BCUT2D eigenvalue weighted by atomic mass is 10.2. The average molecular weight is 336 g/mol. The Hall–Kier alpha value is -1.52. The lowest BCUT2D eigenvalue weighted by molar-refractivity contribution is 0.377. The predicted octanol–water partition coefficient (Wildman–Crippen LogP) is 4.28. The van der Waals surface area contributed by atoms with Crippen molar-refractivity contribution in [2.24, 2.45) is 0 Å². The van der Waals surface area contributed by atoms with E-state index in [-0.39, 0.29) is 0 Å².